The number of halogens is 2. The molecule has 0 fully saturated rings. The van der Waals surface area contributed by atoms with E-state index in [9.17, 15) is 9.18 Å². The highest BCUT2D eigenvalue weighted by Gasteiger charge is 2.14. The van der Waals surface area contributed by atoms with E-state index >= 15 is 0 Å². The maximum absolute atomic E-state index is 13.7. The summed E-state index contributed by atoms with van der Waals surface area (Å²) in [4.78, 5) is 12.0. The summed E-state index contributed by atoms with van der Waals surface area (Å²) in [6, 6.07) is 8.17. The predicted octanol–water partition coefficient (Wildman–Crippen LogP) is 4.29. The monoisotopic (exact) mass is 426 g/mol. The summed E-state index contributed by atoms with van der Waals surface area (Å²) in [6.45, 7) is -0.104. The van der Waals surface area contributed by atoms with Gasteiger partial charge in [0.1, 0.15) is 12.4 Å². The molecule has 2 aromatic carbocycles. The zero-order chi connectivity index (χ0) is 19.1. The minimum Gasteiger partial charge on any atom is -0.493 e. The van der Waals surface area contributed by atoms with Gasteiger partial charge in [0.15, 0.2) is 11.5 Å². The molecule has 5 nitrogen and oxygen atoms in total. The third-order valence-electron chi connectivity index (χ3n) is 3.75. The second kappa shape index (κ2) is 9.43. The maximum Gasteiger partial charge on any atom is 0.306 e. The Morgan fingerprint density at radius 2 is 1.69 bits per heavy atom. The number of hydrogen-bond acceptors (Lipinski definition) is 5. The molecule has 0 aliphatic carbocycles. The second-order valence-electron chi connectivity index (χ2n) is 5.43. The topological polar surface area (TPSA) is 54.0 Å². The zero-order valence-electron chi connectivity index (χ0n) is 14.8. The molecular weight excluding hydrogens is 407 g/mol. The van der Waals surface area contributed by atoms with Crippen LogP contribution in [0.5, 0.6) is 17.2 Å². The Morgan fingerprint density at radius 1 is 1.04 bits per heavy atom. The smallest absolute Gasteiger partial charge is 0.306 e. The first-order valence-corrected chi connectivity index (χ1v) is 8.66. The lowest BCUT2D eigenvalue weighted by atomic mass is 10.1. The normalized spacial score (nSPS) is 10.3. The van der Waals surface area contributed by atoms with Crippen LogP contribution in [0.4, 0.5) is 4.39 Å². The van der Waals surface area contributed by atoms with E-state index in [1.807, 2.05) is 0 Å². The molecule has 0 amide bonds. The Hall–Kier alpha value is -2.28. The van der Waals surface area contributed by atoms with Crippen molar-refractivity contribution in [3.63, 3.8) is 0 Å². The van der Waals surface area contributed by atoms with Crippen molar-refractivity contribution < 1.29 is 28.1 Å². The van der Waals surface area contributed by atoms with Gasteiger partial charge in [0, 0.05) is 16.5 Å². The van der Waals surface area contributed by atoms with Gasteiger partial charge >= 0.3 is 5.97 Å². The lowest BCUT2D eigenvalue weighted by Crippen LogP contribution is -2.07. The van der Waals surface area contributed by atoms with Crippen LogP contribution in [-0.2, 0) is 22.6 Å². The molecule has 0 saturated heterocycles. The van der Waals surface area contributed by atoms with Gasteiger partial charge in [0.2, 0.25) is 5.75 Å². The van der Waals surface area contributed by atoms with Gasteiger partial charge in [0.25, 0.3) is 0 Å². The summed E-state index contributed by atoms with van der Waals surface area (Å²) < 4.78 is 35.3. The van der Waals surface area contributed by atoms with Crippen molar-refractivity contribution in [3.8, 4) is 17.2 Å². The first kappa shape index (κ1) is 20.0. The number of carbonyl (C=O) groups is 1. The van der Waals surface area contributed by atoms with Crippen LogP contribution >= 0.6 is 15.9 Å². The molecule has 7 heteroatoms. The number of carbonyl (C=O) groups excluding carboxylic acids is 1. The van der Waals surface area contributed by atoms with Crippen LogP contribution in [0.1, 0.15) is 17.5 Å². The van der Waals surface area contributed by atoms with Gasteiger partial charge in [0.05, 0.1) is 21.3 Å². The minimum atomic E-state index is -0.420. The highest BCUT2D eigenvalue weighted by Crippen LogP contribution is 2.38. The number of rotatable bonds is 8. The van der Waals surface area contributed by atoms with E-state index in [0.717, 1.165) is 5.56 Å². The molecule has 2 rings (SSSR count). The van der Waals surface area contributed by atoms with Gasteiger partial charge in [-0.3, -0.25) is 4.79 Å². The quantitative estimate of drug-likeness (QED) is 0.589. The summed E-state index contributed by atoms with van der Waals surface area (Å²) in [5.41, 5.74) is 1.17. The highest BCUT2D eigenvalue weighted by atomic mass is 79.9. The second-order valence-corrected chi connectivity index (χ2v) is 6.35. The van der Waals surface area contributed by atoms with Crippen molar-refractivity contribution in [2.45, 2.75) is 19.4 Å². The Bertz CT molecular complexity index is 754. The van der Waals surface area contributed by atoms with E-state index in [2.05, 4.69) is 15.9 Å². The highest BCUT2D eigenvalue weighted by molar-refractivity contribution is 9.10. The van der Waals surface area contributed by atoms with Crippen LogP contribution in [0.15, 0.2) is 34.8 Å². The molecule has 0 radical (unpaired) electrons. The summed E-state index contributed by atoms with van der Waals surface area (Å²) >= 11 is 3.18. The van der Waals surface area contributed by atoms with Gasteiger partial charge in [-0.25, -0.2) is 4.39 Å². The molecule has 26 heavy (non-hydrogen) atoms. The van der Waals surface area contributed by atoms with Crippen LogP contribution in [-0.4, -0.2) is 27.3 Å². The first-order valence-electron chi connectivity index (χ1n) is 7.87. The lowest BCUT2D eigenvalue weighted by Gasteiger charge is -2.14. The van der Waals surface area contributed by atoms with Crippen LogP contribution in [0.3, 0.4) is 0 Å². The number of ether oxygens (including phenoxy) is 4. The molecule has 0 spiro atoms. The Balaban J connectivity index is 1.96. The van der Waals surface area contributed by atoms with Crippen molar-refractivity contribution in [1.82, 2.24) is 0 Å². The van der Waals surface area contributed by atoms with Gasteiger partial charge in [-0.15, -0.1) is 0 Å². The standard InChI is InChI=1S/C19H20BrFO5/c1-23-16-8-12(9-17(24-2)19(16)25-3)4-7-18(22)26-11-13-5-6-14(20)10-15(13)21/h5-6,8-10H,4,7,11H2,1-3H3. The largest absolute Gasteiger partial charge is 0.493 e. The van der Waals surface area contributed by atoms with Crippen LogP contribution in [0.2, 0.25) is 0 Å². The summed E-state index contributed by atoms with van der Waals surface area (Å²) in [7, 11) is 4.59. The summed E-state index contributed by atoms with van der Waals surface area (Å²) in [6.07, 6.45) is 0.579. The van der Waals surface area contributed by atoms with Crippen molar-refractivity contribution in [1.29, 1.82) is 0 Å². The van der Waals surface area contributed by atoms with E-state index in [0.29, 0.717) is 33.7 Å². The summed E-state index contributed by atoms with van der Waals surface area (Å²) in [5, 5.41) is 0. The SMILES string of the molecule is COc1cc(CCC(=O)OCc2ccc(Br)cc2F)cc(OC)c1OC. The maximum atomic E-state index is 13.7. The molecule has 0 aliphatic heterocycles. The molecule has 2 aromatic rings. The van der Waals surface area contributed by atoms with Crippen molar-refractivity contribution in [3.05, 3.63) is 51.7 Å². The molecule has 0 unspecified atom stereocenters. The lowest BCUT2D eigenvalue weighted by molar-refractivity contribution is -0.144. The Labute approximate surface area is 160 Å². The molecule has 0 heterocycles. The van der Waals surface area contributed by atoms with Gasteiger partial charge in [-0.05, 0) is 36.2 Å². The molecule has 0 aromatic heterocycles. The molecule has 0 aliphatic rings. The molecular formula is C19H20BrFO5. The minimum absolute atomic E-state index is 0.104. The number of hydrogen-bond donors (Lipinski definition) is 0. The average Bonchev–Trinajstić information content (AvgIpc) is 2.64. The predicted molar refractivity (Wildman–Crippen MR) is 98.3 cm³/mol. The third-order valence-corrected chi connectivity index (χ3v) is 4.24. The molecule has 0 atom stereocenters. The van der Waals surface area contributed by atoms with Crippen LogP contribution in [0, 0.1) is 5.82 Å². The fraction of sp³-hybridized carbons (Fsp3) is 0.316. The first-order chi connectivity index (χ1) is 12.5. The van der Waals surface area contributed by atoms with E-state index in [4.69, 9.17) is 18.9 Å². The molecule has 0 N–H and O–H groups in total. The van der Waals surface area contributed by atoms with Crippen molar-refractivity contribution in [2.24, 2.45) is 0 Å². The Kier molecular flexibility index (Phi) is 7.26. The van der Waals surface area contributed by atoms with Crippen LogP contribution in [0.25, 0.3) is 0 Å². The summed E-state index contributed by atoms with van der Waals surface area (Å²) in [5.74, 6) is 0.698. The molecule has 0 bridgehead atoms. The van der Waals surface area contributed by atoms with Gasteiger partial charge in [-0.2, -0.15) is 0 Å². The fourth-order valence-electron chi connectivity index (χ4n) is 2.40. The fourth-order valence-corrected chi connectivity index (χ4v) is 2.73. The van der Waals surface area contributed by atoms with Gasteiger partial charge in [-0.1, -0.05) is 22.0 Å². The third kappa shape index (κ3) is 5.11. The number of benzene rings is 2. The van der Waals surface area contributed by atoms with Crippen molar-refractivity contribution >= 4 is 21.9 Å². The van der Waals surface area contributed by atoms with Gasteiger partial charge < -0.3 is 18.9 Å². The van der Waals surface area contributed by atoms with Crippen molar-refractivity contribution in [2.75, 3.05) is 21.3 Å². The Morgan fingerprint density at radius 3 is 2.23 bits per heavy atom. The zero-order valence-corrected chi connectivity index (χ0v) is 16.4. The van der Waals surface area contributed by atoms with E-state index in [1.165, 1.54) is 27.4 Å². The molecule has 140 valence electrons. The number of aryl methyl sites for hydroxylation is 1. The van der Waals surface area contributed by atoms with E-state index in [1.54, 1.807) is 24.3 Å². The van der Waals surface area contributed by atoms with E-state index < -0.39 is 11.8 Å². The number of methoxy groups -OCH3 is 3. The number of esters is 1. The molecule has 0 saturated carbocycles. The van der Waals surface area contributed by atoms with Crippen LogP contribution < -0.4 is 14.2 Å². The average molecular weight is 427 g/mol. The van der Waals surface area contributed by atoms with E-state index in [-0.39, 0.29) is 13.0 Å².